The molecule has 0 aliphatic heterocycles. The molecule has 0 bridgehead atoms. The molecule has 4 nitrogen and oxygen atoms in total. The van der Waals surface area contributed by atoms with Crippen molar-refractivity contribution in [3.63, 3.8) is 0 Å². The third-order valence-corrected chi connectivity index (χ3v) is 5.09. The van der Waals surface area contributed by atoms with E-state index in [-0.39, 0.29) is 4.90 Å². The van der Waals surface area contributed by atoms with E-state index in [0.717, 1.165) is 5.52 Å². The quantitative estimate of drug-likeness (QED) is 0.830. The molecule has 0 unspecified atom stereocenters. The molecule has 0 amide bonds. The van der Waals surface area contributed by atoms with Crippen LogP contribution >= 0.6 is 0 Å². The van der Waals surface area contributed by atoms with Crippen LogP contribution in [0.25, 0.3) is 15.7 Å². The Morgan fingerprint density at radius 1 is 1.29 bits per heavy atom. The predicted octanol–water partition coefficient (Wildman–Crippen LogP) is 2.60. The summed E-state index contributed by atoms with van der Waals surface area (Å²) in [6.45, 7) is 9.83. The fraction of sp³-hybridized carbons (Fsp3) is 0.250. The van der Waals surface area contributed by atoms with E-state index in [9.17, 15) is 8.42 Å². The standard InChI is InChI=1S/C12H12N2O2S/c1-12(2,13-3)17(15,16)11-8-14-10-7-5-4-6-9(10)11/h4-8,14H,1-2H3. The van der Waals surface area contributed by atoms with E-state index in [0.29, 0.717) is 5.39 Å². The van der Waals surface area contributed by atoms with Crippen molar-refractivity contribution in [2.75, 3.05) is 0 Å². The summed E-state index contributed by atoms with van der Waals surface area (Å²) in [5.41, 5.74) is 0.756. The van der Waals surface area contributed by atoms with E-state index in [1.54, 1.807) is 18.2 Å². The van der Waals surface area contributed by atoms with E-state index in [2.05, 4.69) is 9.83 Å². The second-order valence-electron chi connectivity index (χ2n) is 4.26. The maximum absolute atomic E-state index is 12.3. The van der Waals surface area contributed by atoms with E-state index in [4.69, 9.17) is 6.57 Å². The normalized spacial score (nSPS) is 12.5. The SMILES string of the molecule is [C-]#[N+]C(C)(C)S(=O)(=O)c1c[nH]c2ccccc12. The molecule has 0 saturated heterocycles. The first-order valence-corrected chi connectivity index (χ1v) is 6.58. The van der Waals surface area contributed by atoms with Gasteiger partial charge in [-0.3, -0.25) is 4.85 Å². The number of fused-ring (bicyclic) bond motifs is 1. The molecular weight excluding hydrogens is 236 g/mol. The third-order valence-electron chi connectivity index (χ3n) is 2.77. The van der Waals surface area contributed by atoms with Crippen molar-refractivity contribution in [2.24, 2.45) is 0 Å². The van der Waals surface area contributed by atoms with Crippen molar-refractivity contribution in [1.29, 1.82) is 0 Å². The molecule has 0 atom stereocenters. The van der Waals surface area contributed by atoms with Crippen LogP contribution in [0.1, 0.15) is 13.8 Å². The number of hydrogen-bond donors (Lipinski definition) is 1. The van der Waals surface area contributed by atoms with Crippen LogP contribution in [-0.4, -0.2) is 18.3 Å². The molecule has 1 aromatic carbocycles. The Kier molecular flexibility index (Phi) is 2.48. The van der Waals surface area contributed by atoms with Crippen molar-refractivity contribution < 1.29 is 8.42 Å². The molecule has 0 saturated carbocycles. The number of nitrogens with zero attached hydrogens (tertiary/aromatic N) is 1. The van der Waals surface area contributed by atoms with Crippen LogP contribution < -0.4 is 0 Å². The van der Waals surface area contributed by atoms with Gasteiger partial charge in [0.05, 0.1) is 0 Å². The summed E-state index contributed by atoms with van der Waals surface area (Å²) in [5.74, 6) is 0. The average molecular weight is 248 g/mol. The molecule has 1 aromatic heterocycles. The van der Waals surface area contributed by atoms with Crippen molar-refractivity contribution >= 4 is 20.7 Å². The van der Waals surface area contributed by atoms with Crippen LogP contribution in [0.15, 0.2) is 35.4 Å². The number of aromatic amines is 1. The first-order chi connectivity index (χ1) is 7.90. The number of para-hydroxylation sites is 1. The minimum atomic E-state index is -3.66. The molecule has 1 N–H and O–H groups in total. The van der Waals surface area contributed by atoms with Gasteiger partial charge in [-0.05, 0) is 6.07 Å². The molecule has 0 aliphatic carbocycles. The van der Waals surface area contributed by atoms with Crippen LogP contribution in [0.2, 0.25) is 0 Å². The summed E-state index contributed by atoms with van der Waals surface area (Å²) < 4.78 is 24.7. The monoisotopic (exact) mass is 248 g/mol. The fourth-order valence-electron chi connectivity index (χ4n) is 1.60. The maximum atomic E-state index is 12.3. The second-order valence-corrected chi connectivity index (χ2v) is 6.71. The summed E-state index contributed by atoms with van der Waals surface area (Å²) in [7, 11) is -3.66. The molecule has 0 fully saturated rings. The zero-order valence-corrected chi connectivity index (χ0v) is 10.4. The van der Waals surface area contributed by atoms with Crippen molar-refractivity contribution in [3.05, 3.63) is 41.9 Å². The highest BCUT2D eigenvalue weighted by Crippen LogP contribution is 2.31. The highest BCUT2D eigenvalue weighted by Gasteiger charge is 2.43. The van der Waals surface area contributed by atoms with Gasteiger partial charge in [0.2, 0.25) is 0 Å². The Morgan fingerprint density at radius 2 is 1.94 bits per heavy atom. The highest BCUT2D eigenvalue weighted by atomic mass is 32.2. The molecule has 2 aromatic rings. The number of sulfone groups is 1. The Labute approximate surface area is 100 Å². The van der Waals surface area contributed by atoms with Crippen LogP contribution in [0.4, 0.5) is 0 Å². The van der Waals surface area contributed by atoms with Crippen LogP contribution in [0.3, 0.4) is 0 Å². The highest BCUT2D eigenvalue weighted by molar-refractivity contribution is 7.93. The number of hydrogen-bond acceptors (Lipinski definition) is 2. The van der Waals surface area contributed by atoms with Crippen molar-refractivity contribution in [3.8, 4) is 0 Å². The van der Waals surface area contributed by atoms with Gasteiger partial charge in [-0.25, -0.2) is 15.0 Å². The smallest absolute Gasteiger partial charge is 0.328 e. The van der Waals surface area contributed by atoms with Gasteiger partial charge in [-0.15, -0.1) is 0 Å². The number of aromatic nitrogens is 1. The van der Waals surface area contributed by atoms with Gasteiger partial charge in [0.1, 0.15) is 4.90 Å². The number of nitrogens with one attached hydrogen (secondary N) is 1. The minimum Gasteiger partial charge on any atom is -0.360 e. The Balaban J connectivity index is 2.75. The van der Waals surface area contributed by atoms with Gasteiger partial charge in [0.15, 0.2) is 0 Å². The number of H-pyrrole nitrogens is 1. The molecule has 0 radical (unpaired) electrons. The van der Waals surface area contributed by atoms with E-state index in [1.165, 1.54) is 20.0 Å². The zero-order chi connectivity index (χ0) is 12.7. The van der Waals surface area contributed by atoms with Crippen LogP contribution in [0.5, 0.6) is 0 Å². The Bertz CT molecular complexity index is 705. The predicted molar refractivity (Wildman–Crippen MR) is 66.2 cm³/mol. The Hall–Kier alpha value is -1.80. The summed E-state index contributed by atoms with van der Waals surface area (Å²) in [6.07, 6.45) is 1.45. The third kappa shape index (κ3) is 1.61. The van der Waals surface area contributed by atoms with Gasteiger partial charge < -0.3 is 4.98 Å². The summed E-state index contributed by atoms with van der Waals surface area (Å²) in [5, 5.41) is 0.629. The molecule has 88 valence electrons. The number of benzene rings is 1. The molecule has 1 heterocycles. The van der Waals surface area contributed by atoms with Crippen LogP contribution in [-0.2, 0) is 9.84 Å². The Morgan fingerprint density at radius 3 is 2.59 bits per heavy atom. The van der Waals surface area contributed by atoms with Gasteiger partial charge in [-0.1, -0.05) is 18.2 Å². The van der Waals surface area contributed by atoms with Crippen LogP contribution in [0, 0.1) is 6.57 Å². The van der Waals surface area contributed by atoms with Gasteiger partial charge in [0, 0.05) is 30.9 Å². The zero-order valence-electron chi connectivity index (χ0n) is 9.56. The topological polar surface area (TPSA) is 54.3 Å². The summed E-state index contributed by atoms with van der Waals surface area (Å²) in [4.78, 5) is 4.85. The molecule has 0 aliphatic rings. The van der Waals surface area contributed by atoms with Crippen molar-refractivity contribution in [1.82, 2.24) is 4.98 Å². The molecule has 2 rings (SSSR count). The molecule has 5 heteroatoms. The maximum Gasteiger partial charge on any atom is 0.328 e. The lowest BCUT2D eigenvalue weighted by atomic mass is 10.2. The van der Waals surface area contributed by atoms with Gasteiger partial charge in [-0.2, -0.15) is 0 Å². The minimum absolute atomic E-state index is 0.189. The van der Waals surface area contributed by atoms with E-state index >= 15 is 0 Å². The molecule has 0 spiro atoms. The second kappa shape index (κ2) is 3.60. The fourth-order valence-corrected chi connectivity index (χ4v) is 2.94. The lowest BCUT2D eigenvalue weighted by Crippen LogP contribution is -2.27. The number of rotatable bonds is 2. The first kappa shape index (κ1) is 11.7. The van der Waals surface area contributed by atoms with Crippen molar-refractivity contribution in [2.45, 2.75) is 23.6 Å². The van der Waals surface area contributed by atoms with E-state index < -0.39 is 14.7 Å². The largest absolute Gasteiger partial charge is 0.360 e. The molecule has 17 heavy (non-hydrogen) atoms. The first-order valence-electron chi connectivity index (χ1n) is 5.09. The molecular formula is C12H12N2O2S. The van der Waals surface area contributed by atoms with Gasteiger partial charge >= 0.3 is 4.87 Å². The summed E-state index contributed by atoms with van der Waals surface area (Å²) in [6, 6.07) is 7.15. The summed E-state index contributed by atoms with van der Waals surface area (Å²) >= 11 is 0. The van der Waals surface area contributed by atoms with Gasteiger partial charge in [0.25, 0.3) is 9.84 Å². The average Bonchev–Trinajstić information content (AvgIpc) is 2.72. The lowest BCUT2D eigenvalue weighted by Gasteiger charge is -2.11. The van der Waals surface area contributed by atoms with E-state index in [1.807, 2.05) is 6.07 Å². The lowest BCUT2D eigenvalue weighted by molar-refractivity contribution is 0.572.